The van der Waals surface area contributed by atoms with Gasteiger partial charge >= 0.3 is 0 Å². The molecule has 0 spiro atoms. The first-order valence-electron chi connectivity index (χ1n) is 5.70. The molecule has 0 aromatic carbocycles. The van der Waals surface area contributed by atoms with Gasteiger partial charge in [0.25, 0.3) is 0 Å². The van der Waals surface area contributed by atoms with Crippen molar-refractivity contribution in [2.45, 2.75) is 46.5 Å². The number of hydrogen-bond acceptors (Lipinski definition) is 1. The van der Waals surface area contributed by atoms with Crippen LogP contribution in [0.1, 0.15) is 46.5 Å². The summed E-state index contributed by atoms with van der Waals surface area (Å²) in [5.41, 5.74) is 0.521. The van der Waals surface area contributed by atoms with Crippen LogP contribution in [0.4, 0.5) is 0 Å². The van der Waals surface area contributed by atoms with Crippen molar-refractivity contribution in [3.63, 3.8) is 0 Å². The van der Waals surface area contributed by atoms with E-state index in [-0.39, 0.29) is 11.3 Å². The molecular weight excluding hydrogens is 254 g/mol. The Morgan fingerprint density at radius 3 is 2.40 bits per heavy atom. The zero-order valence-corrected chi connectivity index (χ0v) is 11.6. The summed E-state index contributed by atoms with van der Waals surface area (Å²) in [6.07, 6.45) is 4.35. The van der Waals surface area contributed by atoms with Crippen LogP contribution in [0.25, 0.3) is 0 Å². The molecule has 0 aromatic heterocycles. The van der Waals surface area contributed by atoms with Gasteiger partial charge < -0.3 is 5.32 Å². The van der Waals surface area contributed by atoms with E-state index in [1.165, 1.54) is 19.3 Å². The molecule has 0 unspecified atom stereocenters. The van der Waals surface area contributed by atoms with Gasteiger partial charge in [-0.3, -0.25) is 4.79 Å². The Balaban J connectivity index is 2.23. The Labute approximate surface area is 101 Å². The molecular formula is C12H22BrNO. The van der Waals surface area contributed by atoms with Gasteiger partial charge in [0.05, 0.1) is 0 Å². The molecule has 2 nitrogen and oxygen atoms in total. The highest BCUT2D eigenvalue weighted by molar-refractivity contribution is 9.09. The van der Waals surface area contributed by atoms with Crippen LogP contribution in [0.3, 0.4) is 0 Å². The molecule has 1 saturated carbocycles. The van der Waals surface area contributed by atoms with Gasteiger partial charge in [0, 0.05) is 18.3 Å². The predicted molar refractivity (Wildman–Crippen MR) is 67.2 cm³/mol. The van der Waals surface area contributed by atoms with Gasteiger partial charge in [-0.2, -0.15) is 0 Å². The smallest absolute Gasteiger partial charge is 0.220 e. The van der Waals surface area contributed by atoms with Crippen LogP contribution in [0.15, 0.2) is 0 Å². The Hall–Kier alpha value is -0.0500. The third kappa shape index (κ3) is 5.01. The van der Waals surface area contributed by atoms with Gasteiger partial charge in [-0.05, 0) is 30.1 Å². The largest absolute Gasteiger partial charge is 0.356 e. The van der Waals surface area contributed by atoms with Gasteiger partial charge in [-0.25, -0.2) is 0 Å². The molecule has 0 saturated heterocycles. The standard InChI is InChI=1S/C12H22BrNO/c1-11(2,3)8-10(15)14-9-12(4-5-12)6-7-13/h4-9H2,1-3H3,(H,14,15). The fourth-order valence-electron chi connectivity index (χ4n) is 1.72. The minimum Gasteiger partial charge on any atom is -0.356 e. The van der Waals surface area contributed by atoms with Gasteiger partial charge in [-0.1, -0.05) is 36.7 Å². The summed E-state index contributed by atoms with van der Waals surface area (Å²) in [7, 11) is 0. The van der Waals surface area contributed by atoms with Crippen LogP contribution in [0, 0.1) is 10.8 Å². The number of rotatable bonds is 5. The van der Waals surface area contributed by atoms with E-state index in [0.717, 1.165) is 11.9 Å². The molecule has 0 aromatic rings. The second-order valence-corrected chi connectivity index (χ2v) is 6.75. The van der Waals surface area contributed by atoms with Crippen molar-refractivity contribution in [1.82, 2.24) is 5.32 Å². The number of hydrogen-bond donors (Lipinski definition) is 1. The lowest BCUT2D eigenvalue weighted by Crippen LogP contribution is -2.32. The van der Waals surface area contributed by atoms with Crippen LogP contribution < -0.4 is 5.32 Å². The van der Waals surface area contributed by atoms with E-state index >= 15 is 0 Å². The Morgan fingerprint density at radius 2 is 2.00 bits per heavy atom. The summed E-state index contributed by atoms with van der Waals surface area (Å²) in [4.78, 5) is 11.6. The second kappa shape index (κ2) is 4.86. The highest BCUT2D eigenvalue weighted by atomic mass is 79.9. The molecule has 0 atom stereocenters. The van der Waals surface area contributed by atoms with Crippen LogP contribution in [-0.2, 0) is 4.79 Å². The average molecular weight is 276 g/mol. The van der Waals surface area contributed by atoms with E-state index in [1.54, 1.807) is 0 Å². The third-order valence-corrected chi connectivity index (χ3v) is 3.33. The quantitative estimate of drug-likeness (QED) is 0.768. The van der Waals surface area contributed by atoms with Gasteiger partial charge in [0.1, 0.15) is 0 Å². The van der Waals surface area contributed by atoms with Crippen LogP contribution >= 0.6 is 15.9 Å². The number of amides is 1. The molecule has 88 valence electrons. The van der Waals surface area contributed by atoms with Gasteiger partial charge in [0.15, 0.2) is 0 Å². The van der Waals surface area contributed by atoms with Gasteiger partial charge in [0.2, 0.25) is 5.91 Å². The number of carbonyl (C=O) groups is 1. The normalized spacial score (nSPS) is 18.7. The lowest BCUT2D eigenvalue weighted by Gasteiger charge is -2.19. The number of alkyl halides is 1. The summed E-state index contributed by atoms with van der Waals surface area (Å²) < 4.78 is 0. The van der Waals surface area contributed by atoms with E-state index in [1.807, 2.05) is 0 Å². The van der Waals surface area contributed by atoms with E-state index in [0.29, 0.717) is 11.8 Å². The molecule has 0 aliphatic heterocycles. The topological polar surface area (TPSA) is 29.1 Å². The highest BCUT2D eigenvalue weighted by Gasteiger charge is 2.41. The van der Waals surface area contributed by atoms with Crippen molar-refractivity contribution in [2.75, 3.05) is 11.9 Å². The van der Waals surface area contributed by atoms with Crippen LogP contribution in [0.2, 0.25) is 0 Å². The summed E-state index contributed by atoms with van der Waals surface area (Å²) in [6.45, 7) is 7.15. The molecule has 3 heteroatoms. The maximum absolute atomic E-state index is 11.6. The first-order chi connectivity index (χ1) is 6.87. The fraction of sp³-hybridized carbons (Fsp3) is 0.917. The zero-order chi connectivity index (χ0) is 11.5. The van der Waals surface area contributed by atoms with Crippen molar-refractivity contribution >= 4 is 21.8 Å². The maximum atomic E-state index is 11.6. The minimum atomic E-state index is 0.0935. The van der Waals surface area contributed by atoms with E-state index in [9.17, 15) is 4.79 Å². The molecule has 1 rings (SSSR count). The average Bonchev–Trinajstić information content (AvgIpc) is 2.80. The first-order valence-corrected chi connectivity index (χ1v) is 6.82. The fourth-order valence-corrected chi connectivity index (χ4v) is 2.56. The van der Waals surface area contributed by atoms with E-state index in [2.05, 4.69) is 42.0 Å². The summed E-state index contributed by atoms with van der Waals surface area (Å²) in [6, 6.07) is 0. The molecule has 1 fully saturated rings. The number of nitrogens with one attached hydrogen (secondary N) is 1. The summed E-state index contributed by atoms with van der Waals surface area (Å²) in [5.74, 6) is 0.198. The third-order valence-electron chi connectivity index (χ3n) is 2.93. The lowest BCUT2D eigenvalue weighted by molar-refractivity contribution is -0.123. The van der Waals surface area contributed by atoms with E-state index < -0.39 is 0 Å². The lowest BCUT2D eigenvalue weighted by atomic mass is 9.92. The first kappa shape index (κ1) is 13.0. The number of halogens is 1. The molecule has 1 aliphatic rings. The zero-order valence-electron chi connectivity index (χ0n) is 10.0. The van der Waals surface area contributed by atoms with Crippen molar-refractivity contribution < 1.29 is 4.79 Å². The molecule has 1 aliphatic carbocycles. The summed E-state index contributed by atoms with van der Waals surface area (Å²) in [5, 5.41) is 4.11. The summed E-state index contributed by atoms with van der Waals surface area (Å²) >= 11 is 3.47. The number of carbonyl (C=O) groups excluding carboxylic acids is 1. The van der Waals surface area contributed by atoms with Gasteiger partial charge in [-0.15, -0.1) is 0 Å². The van der Waals surface area contributed by atoms with E-state index in [4.69, 9.17) is 0 Å². The molecule has 15 heavy (non-hydrogen) atoms. The maximum Gasteiger partial charge on any atom is 0.220 e. The Kier molecular flexibility index (Phi) is 4.21. The SMILES string of the molecule is CC(C)(C)CC(=O)NCC1(CCBr)CC1. The highest BCUT2D eigenvalue weighted by Crippen LogP contribution is 2.48. The van der Waals surface area contributed by atoms with Crippen molar-refractivity contribution in [1.29, 1.82) is 0 Å². The van der Waals surface area contributed by atoms with Crippen molar-refractivity contribution in [2.24, 2.45) is 10.8 Å². The van der Waals surface area contributed by atoms with Crippen LogP contribution in [0.5, 0.6) is 0 Å². The molecule has 1 N–H and O–H groups in total. The van der Waals surface area contributed by atoms with Crippen molar-refractivity contribution in [3.05, 3.63) is 0 Å². The second-order valence-electron chi connectivity index (χ2n) is 5.95. The van der Waals surface area contributed by atoms with Crippen molar-refractivity contribution in [3.8, 4) is 0 Å². The molecule has 0 heterocycles. The molecule has 0 radical (unpaired) electrons. The predicted octanol–water partition coefficient (Wildman–Crippen LogP) is 3.10. The molecule has 0 bridgehead atoms. The molecule has 1 amide bonds. The monoisotopic (exact) mass is 275 g/mol. The van der Waals surface area contributed by atoms with Crippen LogP contribution in [-0.4, -0.2) is 17.8 Å². The Morgan fingerprint density at radius 1 is 1.40 bits per heavy atom. The Bertz CT molecular complexity index is 228. The minimum absolute atomic E-state index is 0.0935.